The van der Waals surface area contributed by atoms with E-state index in [2.05, 4.69) is 51.2 Å². The molecule has 2 aromatic heterocycles. The van der Waals surface area contributed by atoms with Crippen LogP contribution in [-0.2, 0) is 40.5 Å². The van der Waals surface area contributed by atoms with Crippen LogP contribution in [0.25, 0.3) is 12.2 Å². The zero-order chi connectivity index (χ0) is 49.0. The number of hydrogen-bond acceptors (Lipinski definition) is 26. The van der Waals surface area contributed by atoms with Crippen LogP contribution >= 0.6 is 0 Å². The molecule has 0 fully saturated rings. The van der Waals surface area contributed by atoms with Gasteiger partial charge in [-0.05, 0) is 61.1 Å². The normalized spacial score (nSPS) is 12.5. The quantitative estimate of drug-likeness (QED) is 0.0193. The monoisotopic (exact) mass is 1160 g/mol. The number of rotatable bonds is 26. The molecule has 4 rings (SSSR count). The van der Waals surface area contributed by atoms with Crippen LogP contribution in [0.4, 0.5) is 47.1 Å². The zero-order valence-electron chi connectivity index (χ0n) is 39.8. The van der Waals surface area contributed by atoms with Gasteiger partial charge in [0.15, 0.2) is 0 Å². The maximum Gasteiger partial charge on any atom is 1.00 e. The van der Waals surface area contributed by atoms with Crippen molar-refractivity contribution in [2.24, 2.45) is 11.8 Å². The Hall–Kier alpha value is 1.11. The van der Waals surface area contributed by atoms with Crippen LogP contribution in [0.15, 0.2) is 46.2 Å². The minimum absolute atomic E-state index is 0. The molecule has 0 aliphatic heterocycles. The minimum Gasteiger partial charge on any atom is -0.748 e. The van der Waals surface area contributed by atoms with E-state index in [9.17, 15) is 62.1 Å². The fourth-order valence-corrected chi connectivity index (χ4v) is 7.90. The third kappa shape index (κ3) is 24.6. The van der Waals surface area contributed by atoms with Crippen LogP contribution in [0, 0.1) is 11.8 Å². The summed E-state index contributed by atoms with van der Waals surface area (Å²) in [4.78, 5) is 27.4. The van der Waals surface area contributed by atoms with Crippen molar-refractivity contribution in [2.45, 2.75) is 37.5 Å². The molecule has 6 N–H and O–H groups in total. The van der Waals surface area contributed by atoms with Gasteiger partial charge in [0.05, 0.1) is 41.5 Å². The molecule has 0 saturated carbocycles. The van der Waals surface area contributed by atoms with Gasteiger partial charge in [-0.25, -0.2) is 33.7 Å². The fourth-order valence-electron chi connectivity index (χ4n) is 5.80. The predicted octanol–water partition coefficient (Wildman–Crippen LogP) is -11.6. The number of aliphatic hydroxyl groups is 2. The Labute approximate surface area is 577 Å². The van der Waals surface area contributed by atoms with Gasteiger partial charge in [-0.15, -0.1) is 0 Å². The van der Waals surface area contributed by atoms with Crippen LogP contribution in [0.5, 0.6) is 0 Å². The van der Waals surface area contributed by atoms with Crippen molar-refractivity contribution in [3.05, 3.63) is 47.5 Å². The van der Waals surface area contributed by atoms with E-state index in [1.807, 2.05) is 0 Å². The molecule has 0 aliphatic rings. The first kappa shape index (κ1) is 71.1. The molecule has 2 heterocycles. The predicted molar refractivity (Wildman–Crippen MR) is 238 cm³/mol. The van der Waals surface area contributed by atoms with Gasteiger partial charge in [-0.2, -0.15) is 29.9 Å². The first-order valence-electron chi connectivity index (χ1n) is 19.8. The van der Waals surface area contributed by atoms with Gasteiger partial charge in [0.1, 0.15) is 20.2 Å². The van der Waals surface area contributed by atoms with E-state index in [1.165, 1.54) is 24.3 Å². The van der Waals surface area contributed by atoms with E-state index >= 15 is 0 Å². The Balaban J connectivity index is 0.0000119. The van der Waals surface area contributed by atoms with E-state index in [0.29, 0.717) is 13.1 Å². The second kappa shape index (κ2) is 32.8. The van der Waals surface area contributed by atoms with Gasteiger partial charge in [0.2, 0.25) is 35.7 Å². The molecular formula is C36H48K4N12O14S4. The van der Waals surface area contributed by atoms with Gasteiger partial charge in [-0.1, -0.05) is 38.1 Å². The second-order valence-corrected chi connectivity index (χ2v) is 20.3. The van der Waals surface area contributed by atoms with Gasteiger partial charge in [0, 0.05) is 63.9 Å². The Morgan fingerprint density at radius 1 is 0.557 bits per heavy atom. The third-order valence-corrected chi connectivity index (χ3v) is 12.2. The fraction of sp³-hybridized carbons (Fsp3) is 0.444. The third-order valence-electron chi connectivity index (χ3n) is 9.05. The molecule has 34 heteroatoms. The maximum atomic E-state index is 12.6. The number of aliphatic hydroxyl groups excluding tert-OH is 2. The topological polar surface area (TPSA) is 401 Å². The molecule has 2 aromatic carbocycles. The molecule has 0 saturated heterocycles. The molecule has 0 spiro atoms. The average Bonchev–Trinajstić information content (AvgIpc) is 3.22. The van der Waals surface area contributed by atoms with Crippen LogP contribution < -0.4 is 237 Å². The van der Waals surface area contributed by atoms with Gasteiger partial charge >= 0.3 is 206 Å². The smallest absolute Gasteiger partial charge is 0.748 e. The molecule has 70 heavy (non-hydrogen) atoms. The molecule has 0 amide bonds. The molecule has 0 bridgehead atoms. The number of hydrogen-bond donors (Lipinski definition) is 6. The molecule has 2 atom stereocenters. The number of aromatic nitrogens is 6. The first-order chi connectivity index (χ1) is 30.8. The standard InChI is InChI=1S/C36H52N12O14S4.4K/c1-5-47(19-23(3)21-49)35-43-31(37-13-15-63(51,52)53)41-33(45-35)39-27-11-9-25(29(17-27)65(57,58)59)7-8-26-10-12-28(18-30(26)66(60,61)62)40-34-42-32(38-14-16-64(54,55)56)44-36(46-34)48(6-2)20-24(4)22-50;;;;/h7-12,17-18,23-24,49-50H,5-6,13-16,19-22H2,1-4H3,(H,51,52,53)(H,54,55,56)(H,57,58,59)(H,60,61,62)(H2,37,39,41,43,45)(H2,38,40,42,44,46);;;;/q;4*+1/p-4/b8-7+;;;;. The summed E-state index contributed by atoms with van der Waals surface area (Å²) in [6, 6.07) is 6.95. The molecule has 364 valence electrons. The Bertz CT molecular complexity index is 2640. The van der Waals surface area contributed by atoms with E-state index in [1.54, 1.807) is 37.5 Å². The van der Waals surface area contributed by atoms with Crippen molar-refractivity contribution in [3.8, 4) is 0 Å². The molecule has 2 unspecified atom stereocenters. The van der Waals surface area contributed by atoms with E-state index in [4.69, 9.17) is 0 Å². The summed E-state index contributed by atoms with van der Waals surface area (Å²) in [5.74, 6) is -2.66. The summed E-state index contributed by atoms with van der Waals surface area (Å²) in [5.41, 5.74) is -0.509. The summed E-state index contributed by atoms with van der Waals surface area (Å²) in [6.45, 7) is 7.29. The molecule has 0 radical (unpaired) electrons. The molecule has 4 aromatic rings. The van der Waals surface area contributed by atoms with E-state index < -0.39 is 61.8 Å². The number of benzene rings is 2. The van der Waals surface area contributed by atoms with Crippen molar-refractivity contribution in [3.63, 3.8) is 0 Å². The van der Waals surface area contributed by atoms with Crippen LogP contribution in [0.3, 0.4) is 0 Å². The summed E-state index contributed by atoms with van der Waals surface area (Å²) >= 11 is 0. The first-order valence-corrected chi connectivity index (χ1v) is 25.8. The summed E-state index contributed by atoms with van der Waals surface area (Å²) in [6.07, 6.45) is 2.18. The van der Waals surface area contributed by atoms with Crippen molar-refractivity contribution in [1.29, 1.82) is 0 Å². The second-order valence-electron chi connectivity index (χ2n) is 14.6. The van der Waals surface area contributed by atoms with Gasteiger partial charge in [-0.3, -0.25) is 0 Å². The number of nitrogens with zero attached hydrogens (tertiary/aromatic N) is 8. The summed E-state index contributed by atoms with van der Waals surface area (Å²) < 4.78 is 142. The van der Waals surface area contributed by atoms with Crippen LogP contribution in [-0.4, -0.2) is 156 Å². The number of anilines is 8. The van der Waals surface area contributed by atoms with Crippen molar-refractivity contribution < 1.29 is 268 Å². The van der Waals surface area contributed by atoms with Crippen molar-refractivity contribution in [1.82, 2.24) is 29.9 Å². The van der Waals surface area contributed by atoms with Crippen LogP contribution in [0.1, 0.15) is 38.8 Å². The van der Waals surface area contributed by atoms with E-state index in [0.717, 1.165) is 24.3 Å². The van der Waals surface area contributed by atoms with E-state index in [-0.39, 0.29) is 315 Å². The van der Waals surface area contributed by atoms with Crippen LogP contribution in [0.2, 0.25) is 0 Å². The molecular weight excluding hydrogens is 1110 g/mol. The zero-order valence-corrected chi connectivity index (χ0v) is 55.6. The summed E-state index contributed by atoms with van der Waals surface area (Å²) in [5, 5.41) is 30.0. The maximum absolute atomic E-state index is 12.6. The Morgan fingerprint density at radius 3 is 1.17 bits per heavy atom. The molecule has 0 aliphatic carbocycles. The minimum atomic E-state index is -5.25. The van der Waals surface area contributed by atoms with Gasteiger partial charge in [0.25, 0.3) is 0 Å². The molecule has 26 nitrogen and oxygen atoms in total. The average molecular weight is 1160 g/mol. The van der Waals surface area contributed by atoms with Crippen molar-refractivity contribution in [2.75, 3.05) is 95.1 Å². The number of nitrogens with one attached hydrogen (secondary N) is 4. The largest absolute Gasteiger partial charge is 1.00 e. The summed E-state index contributed by atoms with van der Waals surface area (Å²) in [7, 11) is -19.7. The SMILES string of the molecule is CCN(CC(C)CO)c1nc(NCCS(=O)(=O)[O-])nc(Nc2ccc(/C=C/c3ccc(Nc4nc(NCCS(=O)(=O)[O-])nc(N(CC)CC(C)CO)n4)cc3S(=O)(=O)[O-])c(S(=O)(=O)[O-])c2)n1.[K+].[K+].[K+].[K+]. The Kier molecular flexibility index (Phi) is 33.3. The Morgan fingerprint density at radius 2 is 0.886 bits per heavy atom. The van der Waals surface area contributed by atoms with Gasteiger partial charge < -0.3 is 59.5 Å². The van der Waals surface area contributed by atoms with Crippen molar-refractivity contribution >= 4 is 99.7 Å².